The van der Waals surface area contributed by atoms with Crippen molar-refractivity contribution in [2.24, 2.45) is 0 Å². The van der Waals surface area contributed by atoms with Crippen LogP contribution in [0.1, 0.15) is 35.8 Å². The molecule has 0 aliphatic heterocycles. The van der Waals surface area contributed by atoms with Crippen LogP contribution < -0.4 is 0 Å². The third-order valence-corrected chi connectivity index (χ3v) is 3.70. The minimum absolute atomic E-state index is 0.110. The van der Waals surface area contributed by atoms with E-state index >= 15 is 0 Å². The van der Waals surface area contributed by atoms with Crippen molar-refractivity contribution in [1.82, 2.24) is 9.78 Å². The van der Waals surface area contributed by atoms with E-state index in [1.807, 2.05) is 13.8 Å². The van der Waals surface area contributed by atoms with Gasteiger partial charge in [0.05, 0.1) is 11.8 Å². The van der Waals surface area contributed by atoms with Crippen LogP contribution in [0.4, 0.5) is 13.2 Å². The molecule has 0 atom stereocenters. The van der Waals surface area contributed by atoms with E-state index in [-0.39, 0.29) is 28.5 Å². The number of halogens is 3. The lowest BCUT2D eigenvalue weighted by Crippen LogP contribution is -2.00. The summed E-state index contributed by atoms with van der Waals surface area (Å²) in [5.41, 5.74) is -3.18. The van der Waals surface area contributed by atoms with Crippen LogP contribution in [0.25, 0.3) is 6.08 Å². The molecule has 0 bridgehead atoms. The summed E-state index contributed by atoms with van der Waals surface area (Å²) >= 11 is -0.166. The molecule has 2 rings (SSSR count). The van der Waals surface area contributed by atoms with Crippen LogP contribution in [0.3, 0.4) is 0 Å². The highest BCUT2D eigenvalue weighted by Crippen LogP contribution is 2.36. The van der Waals surface area contributed by atoms with Crippen molar-refractivity contribution in [2.75, 3.05) is 0 Å². The Balaban J connectivity index is 2.03. The van der Waals surface area contributed by atoms with Crippen LogP contribution in [0.2, 0.25) is 0 Å². The number of nitrogens with zero attached hydrogens (tertiary/aromatic N) is 2. The van der Waals surface area contributed by atoms with Gasteiger partial charge in [-0.25, -0.2) is 0 Å². The average Bonchev–Trinajstić information content (AvgIpc) is 2.94. The summed E-state index contributed by atoms with van der Waals surface area (Å²) in [4.78, 5) is 12.1. The van der Waals surface area contributed by atoms with Gasteiger partial charge in [0, 0.05) is 17.1 Å². The van der Waals surface area contributed by atoms with Gasteiger partial charge in [0.1, 0.15) is 0 Å². The second kappa shape index (κ2) is 7.04. The topological polar surface area (TPSA) is 34.9 Å². The van der Waals surface area contributed by atoms with Gasteiger partial charge in [0.15, 0.2) is 5.78 Å². The van der Waals surface area contributed by atoms with Gasteiger partial charge in [0.2, 0.25) is 0 Å². The number of hydrogen-bond acceptors (Lipinski definition) is 3. The number of aromatic nitrogens is 2. The molecule has 0 unspecified atom stereocenters. The van der Waals surface area contributed by atoms with Crippen LogP contribution >= 0.6 is 11.8 Å². The van der Waals surface area contributed by atoms with Gasteiger partial charge < -0.3 is 0 Å². The molecule has 0 aliphatic carbocycles. The number of carbonyl (C=O) groups excluding carboxylic acids is 1. The molecule has 1 aromatic heterocycles. The van der Waals surface area contributed by atoms with E-state index < -0.39 is 5.51 Å². The number of carbonyl (C=O) groups is 1. The fourth-order valence-electron chi connectivity index (χ4n) is 1.80. The summed E-state index contributed by atoms with van der Waals surface area (Å²) in [6.07, 6.45) is 6.11. The number of hydrogen-bond donors (Lipinski definition) is 0. The van der Waals surface area contributed by atoms with E-state index in [1.54, 1.807) is 17.0 Å². The minimum atomic E-state index is -4.30. The number of thioether (sulfide) groups is 1. The molecule has 2 aromatic rings. The standard InChI is InChI=1S/C16H15F3N2OS/c1-11(2)21-10-13(9-20-21)15(22)8-5-12-3-6-14(7-4-12)23-16(17,18)19/h3-11H,1-2H3/b8-5+. The van der Waals surface area contributed by atoms with Crippen molar-refractivity contribution in [3.63, 3.8) is 0 Å². The molecule has 0 saturated carbocycles. The number of benzene rings is 1. The molecule has 23 heavy (non-hydrogen) atoms. The second-order valence-corrected chi connectivity index (χ2v) is 6.26. The molecule has 0 amide bonds. The van der Waals surface area contributed by atoms with Gasteiger partial charge in [0.25, 0.3) is 0 Å². The Hall–Kier alpha value is -2.02. The van der Waals surface area contributed by atoms with Crippen molar-refractivity contribution < 1.29 is 18.0 Å². The lowest BCUT2D eigenvalue weighted by molar-refractivity contribution is -0.0328. The van der Waals surface area contributed by atoms with Gasteiger partial charge in [-0.05, 0) is 49.4 Å². The summed E-state index contributed by atoms with van der Waals surface area (Å²) in [5, 5.41) is 4.09. The van der Waals surface area contributed by atoms with Crippen molar-refractivity contribution >= 4 is 23.6 Å². The SMILES string of the molecule is CC(C)n1cc(C(=O)/C=C/c2ccc(SC(F)(F)F)cc2)cn1. The maximum Gasteiger partial charge on any atom is 0.446 e. The van der Waals surface area contributed by atoms with E-state index in [0.717, 1.165) is 0 Å². The zero-order valence-corrected chi connectivity index (χ0v) is 13.4. The van der Waals surface area contributed by atoms with Crippen molar-refractivity contribution in [1.29, 1.82) is 0 Å². The van der Waals surface area contributed by atoms with Crippen molar-refractivity contribution in [3.8, 4) is 0 Å². The van der Waals surface area contributed by atoms with Crippen LogP contribution in [0.5, 0.6) is 0 Å². The van der Waals surface area contributed by atoms with Gasteiger partial charge in [-0.1, -0.05) is 18.2 Å². The Bertz CT molecular complexity index is 703. The lowest BCUT2D eigenvalue weighted by Gasteiger charge is -2.05. The number of rotatable bonds is 5. The van der Waals surface area contributed by atoms with E-state index in [0.29, 0.717) is 11.1 Å². The molecule has 122 valence electrons. The number of ketones is 1. The molecule has 0 radical (unpaired) electrons. The van der Waals surface area contributed by atoms with E-state index in [9.17, 15) is 18.0 Å². The zero-order chi connectivity index (χ0) is 17.0. The number of alkyl halides is 3. The Morgan fingerprint density at radius 2 is 1.91 bits per heavy atom. The molecule has 3 nitrogen and oxygen atoms in total. The zero-order valence-electron chi connectivity index (χ0n) is 12.5. The quantitative estimate of drug-likeness (QED) is 0.438. The molecule has 1 heterocycles. The average molecular weight is 340 g/mol. The van der Waals surface area contributed by atoms with Gasteiger partial charge >= 0.3 is 5.51 Å². The highest BCUT2D eigenvalue weighted by Gasteiger charge is 2.28. The van der Waals surface area contributed by atoms with Crippen molar-refractivity contribution in [3.05, 3.63) is 53.9 Å². The fraction of sp³-hybridized carbons (Fsp3) is 0.250. The van der Waals surface area contributed by atoms with E-state index in [1.165, 1.54) is 36.5 Å². The van der Waals surface area contributed by atoms with Crippen LogP contribution in [0.15, 0.2) is 47.6 Å². The predicted molar refractivity (Wildman–Crippen MR) is 84.3 cm³/mol. The summed E-state index contributed by atoms with van der Waals surface area (Å²) in [5.74, 6) is -0.203. The molecular weight excluding hydrogens is 325 g/mol. The lowest BCUT2D eigenvalue weighted by atomic mass is 10.1. The molecular formula is C16H15F3N2OS. The molecule has 7 heteroatoms. The first-order chi connectivity index (χ1) is 10.7. The first-order valence-corrected chi connectivity index (χ1v) is 7.68. The largest absolute Gasteiger partial charge is 0.446 e. The predicted octanol–water partition coefficient (Wildman–Crippen LogP) is 4.97. The van der Waals surface area contributed by atoms with Gasteiger partial charge in [-0.2, -0.15) is 18.3 Å². The normalized spacial score (nSPS) is 12.3. The van der Waals surface area contributed by atoms with Gasteiger partial charge in [-0.3, -0.25) is 9.48 Å². The first-order valence-electron chi connectivity index (χ1n) is 6.87. The van der Waals surface area contributed by atoms with Crippen LogP contribution in [-0.2, 0) is 0 Å². The molecule has 0 spiro atoms. The van der Waals surface area contributed by atoms with Gasteiger partial charge in [-0.15, -0.1) is 0 Å². The first kappa shape index (κ1) is 17.3. The Kier molecular flexibility index (Phi) is 5.30. The molecule has 0 saturated heterocycles. The fourth-order valence-corrected chi connectivity index (χ4v) is 2.34. The summed E-state index contributed by atoms with van der Waals surface area (Å²) in [6, 6.07) is 5.99. The van der Waals surface area contributed by atoms with E-state index in [2.05, 4.69) is 5.10 Å². The highest BCUT2D eigenvalue weighted by molar-refractivity contribution is 8.00. The Morgan fingerprint density at radius 3 is 2.43 bits per heavy atom. The highest BCUT2D eigenvalue weighted by atomic mass is 32.2. The molecule has 0 aliphatic rings. The second-order valence-electron chi connectivity index (χ2n) is 5.12. The summed E-state index contributed by atoms with van der Waals surface area (Å²) < 4.78 is 38.4. The smallest absolute Gasteiger partial charge is 0.289 e. The third-order valence-electron chi connectivity index (χ3n) is 2.96. The summed E-state index contributed by atoms with van der Waals surface area (Å²) in [6.45, 7) is 3.91. The third kappa shape index (κ3) is 5.28. The molecule has 1 aromatic carbocycles. The number of allylic oxidation sites excluding steroid dienone is 1. The maximum absolute atomic E-state index is 12.2. The van der Waals surface area contributed by atoms with Crippen LogP contribution in [0, 0.1) is 0 Å². The van der Waals surface area contributed by atoms with Crippen LogP contribution in [-0.4, -0.2) is 21.1 Å². The molecule has 0 fully saturated rings. The van der Waals surface area contributed by atoms with Crippen molar-refractivity contribution in [2.45, 2.75) is 30.3 Å². The Labute approximate surface area is 136 Å². The minimum Gasteiger partial charge on any atom is -0.289 e. The molecule has 0 N–H and O–H groups in total. The monoisotopic (exact) mass is 340 g/mol. The maximum atomic E-state index is 12.2. The summed E-state index contributed by atoms with van der Waals surface area (Å²) in [7, 11) is 0. The Morgan fingerprint density at radius 1 is 1.26 bits per heavy atom. The van der Waals surface area contributed by atoms with E-state index in [4.69, 9.17) is 0 Å².